The normalized spacial score (nSPS) is 15.2. The number of nitro benzene ring substituents is 1. The standard InChI is InChI=1S/C14H19N3O4.ClH/c18-14(19)5-2-6-15-7-9-16(10-8-15)12-3-1-4-13(11-12)17(20)21;/h1,3-4,11H,2,5-10H2,(H,18,19);1H. The summed E-state index contributed by atoms with van der Waals surface area (Å²) in [6.07, 6.45) is 0.858. The maximum Gasteiger partial charge on any atom is 0.303 e. The molecule has 0 amide bonds. The molecule has 0 radical (unpaired) electrons. The maximum atomic E-state index is 10.8. The predicted octanol–water partition coefficient (Wildman–Crippen LogP) is 2.00. The van der Waals surface area contributed by atoms with Crippen LogP contribution in [-0.4, -0.2) is 53.6 Å². The van der Waals surface area contributed by atoms with Crippen LogP contribution in [0.15, 0.2) is 24.3 Å². The minimum absolute atomic E-state index is 0. The summed E-state index contributed by atoms with van der Waals surface area (Å²) < 4.78 is 0. The van der Waals surface area contributed by atoms with E-state index in [1.54, 1.807) is 12.1 Å². The summed E-state index contributed by atoms with van der Waals surface area (Å²) in [7, 11) is 0. The zero-order valence-electron chi connectivity index (χ0n) is 12.2. The van der Waals surface area contributed by atoms with Gasteiger partial charge in [0, 0.05) is 50.4 Å². The Morgan fingerprint density at radius 2 is 1.95 bits per heavy atom. The first-order valence-corrected chi connectivity index (χ1v) is 7.00. The number of carboxylic acid groups (broad SMARTS) is 1. The number of nitro groups is 1. The van der Waals surface area contributed by atoms with E-state index in [9.17, 15) is 14.9 Å². The van der Waals surface area contributed by atoms with E-state index in [1.807, 2.05) is 6.07 Å². The molecule has 0 bridgehead atoms. The van der Waals surface area contributed by atoms with E-state index in [0.29, 0.717) is 6.42 Å². The van der Waals surface area contributed by atoms with Crippen LogP contribution in [0.4, 0.5) is 11.4 Å². The Hall–Kier alpha value is -1.86. The number of hydrogen-bond acceptors (Lipinski definition) is 5. The van der Waals surface area contributed by atoms with Crippen LogP contribution in [0, 0.1) is 10.1 Å². The topological polar surface area (TPSA) is 86.9 Å². The molecule has 2 rings (SSSR count). The van der Waals surface area contributed by atoms with Crippen LogP contribution < -0.4 is 4.90 Å². The van der Waals surface area contributed by atoms with Gasteiger partial charge in [-0.1, -0.05) is 6.07 Å². The van der Waals surface area contributed by atoms with E-state index < -0.39 is 5.97 Å². The van der Waals surface area contributed by atoms with E-state index in [4.69, 9.17) is 5.11 Å². The first-order chi connectivity index (χ1) is 10.1. The Labute approximate surface area is 135 Å². The molecule has 0 aromatic heterocycles. The highest BCUT2D eigenvalue weighted by atomic mass is 35.5. The zero-order valence-corrected chi connectivity index (χ0v) is 13.0. The molecule has 1 N–H and O–H groups in total. The van der Waals surface area contributed by atoms with Gasteiger partial charge in [0.15, 0.2) is 0 Å². The minimum atomic E-state index is -0.759. The lowest BCUT2D eigenvalue weighted by molar-refractivity contribution is -0.384. The molecule has 8 heteroatoms. The minimum Gasteiger partial charge on any atom is -0.481 e. The van der Waals surface area contributed by atoms with E-state index in [0.717, 1.165) is 38.4 Å². The fourth-order valence-corrected chi connectivity index (χ4v) is 2.49. The third-order valence-corrected chi connectivity index (χ3v) is 3.64. The summed E-state index contributed by atoms with van der Waals surface area (Å²) >= 11 is 0. The van der Waals surface area contributed by atoms with Crippen LogP contribution in [-0.2, 0) is 4.79 Å². The van der Waals surface area contributed by atoms with Gasteiger partial charge in [-0.25, -0.2) is 0 Å². The first kappa shape index (κ1) is 18.2. The first-order valence-electron chi connectivity index (χ1n) is 7.00. The molecule has 1 aliphatic rings. The lowest BCUT2D eigenvalue weighted by Gasteiger charge is -2.36. The van der Waals surface area contributed by atoms with Crippen molar-refractivity contribution in [1.29, 1.82) is 0 Å². The summed E-state index contributed by atoms with van der Waals surface area (Å²) in [5.41, 5.74) is 0.978. The van der Waals surface area contributed by atoms with Crippen LogP contribution >= 0.6 is 12.4 Å². The predicted molar refractivity (Wildman–Crippen MR) is 85.9 cm³/mol. The molecule has 7 nitrogen and oxygen atoms in total. The molecular formula is C14H20ClN3O4. The number of aliphatic carboxylic acids is 1. The number of rotatable bonds is 6. The summed E-state index contributed by atoms with van der Waals surface area (Å²) in [4.78, 5) is 25.3. The maximum absolute atomic E-state index is 10.8. The van der Waals surface area contributed by atoms with Gasteiger partial charge in [0.05, 0.1) is 4.92 Å². The summed E-state index contributed by atoms with van der Waals surface area (Å²) in [6.45, 7) is 4.09. The number of benzene rings is 1. The van der Waals surface area contributed by atoms with Gasteiger partial charge >= 0.3 is 5.97 Å². The van der Waals surface area contributed by atoms with Gasteiger partial charge in [0.2, 0.25) is 0 Å². The Morgan fingerprint density at radius 3 is 2.55 bits per heavy atom. The molecule has 1 saturated heterocycles. The molecule has 0 saturated carbocycles. The van der Waals surface area contributed by atoms with Gasteiger partial charge in [0.1, 0.15) is 0 Å². The van der Waals surface area contributed by atoms with E-state index in [2.05, 4.69) is 9.80 Å². The quantitative estimate of drug-likeness (QED) is 0.634. The zero-order chi connectivity index (χ0) is 15.2. The number of anilines is 1. The summed E-state index contributed by atoms with van der Waals surface area (Å²) in [5, 5.41) is 19.4. The average molecular weight is 330 g/mol. The summed E-state index contributed by atoms with van der Waals surface area (Å²) in [6, 6.07) is 6.67. The molecule has 0 spiro atoms. The van der Waals surface area contributed by atoms with Crippen molar-refractivity contribution >= 4 is 29.8 Å². The highest BCUT2D eigenvalue weighted by Gasteiger charge is 2.18. The summed E-state index contributed by atoms with van der Waals surface area (Å²) in [5.74, 6) is -0.759. The molecule has 0 unspecified atom stereocenters. The Bertz CT molecular complexity index is 519. The number of hydrogen-bond donors (Lipinski definition) is 1. The van der Waals surface area contributed by atoms with E-state index in [1.165, 1.54) is 6.07 Å². The molecule has 22 heavy (non-hydrogen) atoms. The Morgan fingerprint density at radius 1 is 1.27 bits per heavy atom. The van der Waals surface area contributed by atoms with Gasteiger partial charge in [-0.2, -0.15) is 0 Å². The molecule has 0 atom stereocenters. The SMILES string of the molecule is Cl.O=C(O)CCCN1CCN(c2cccc([N+](=O)[O-])c2)CC1. The van der Waals surface area contributed by atoms with Crippen LogP contribution in [0.5, 0.6) is 0 Å². The Balaban J connectivity index is 0.00000242. The molecule has 122 valence electrons. The molecule has 0 aliphatic carbocycles. The number of carbonyl (C=O) groups is 1. The molecule has 1 aromatic carbocycles. The molecule has 1 fully saturated rings. The van der Waals surface area contributed by atoms with Crippen LogP contribution in [0.1, 0.15) is 12.8 Å². The van der Waals surface area contributed by atoms with Gasteiger partial charge < -0.3 is 10.0 Å². The number of nitrogens with zero attached hydrogens (tertiary/aromatic N) is 3. The van der Waals surface area contributed by atoms with Crippen LogP contribution in [0.25, 0.3) is 0 Å². The van der Waals surface area contributed by atoms with Crippen molar-refractivity contribution in [2.24, 2.45) is 0 Å². The lowest BCUT2D eigenvalue weighted by Crippen LogP contribution is -2.46. The third-order valence-electron chi connectivity index (χ3n) is 3.64. The molecule has 1 aromatic rings. The van der Waals surface area contributed by atoms with Gasteiger partial charge in [-0.15, -0.1) is 12.4 Å². The van der Waals surface area contributed by atoms with Crippen molar-refractivity contribution in [3.05, 3.63) is 34.4 Å². The van der Waals surface area contributed by atoms with Crippen molar-refractivity contribution in [3.63, 3.8) is 0 Å². The number of halogens is 1. The smallest absolute Gasteiger partial charge is 0.303 e. The number of non-ortho nitro benzene ring substituents is 1. The average Bonchev–Trinajstić information content (AvgIpc) is 2.48. The van der Waals surface area contributed by atoms with Crippen LogP contribution in [0.3, 0.4) is 0 Å². The molecular weight excluding hydrogens is 310 g/mol. The number of piperazine rings is 1. The molecule has 1 heterocycles. The monoisotopic (exact) mass is 329 g/mol. The lowest BCUT2D eigenvalue weighted by atomic mass is 10.2. The van der Waals surface area contributed by atoms with Crippen molar-refractivity contribution in [3.8, 4) is 0 Å². The van der Waals surface area contributed by atoms with E-state index >= 15 is 0 Å². The van der Waals surface area contributed by atoms with Crippen molar-refractivity contribution in [2.75, 3.05) is 37.6 Å². The van der Waals surface area contributed by atoms with Gasteiger partial charge in [-0.05, 0) is 19.0 Å². The highest BCUT2D eigenvalue weighted by molar-refractivity contribution is 5.85. The second-order valence-corrected chi connectivity index (χ2v) is 5.10. The second-order valence-electron chi connectivity index (χ2n) is 5.10. The molecule has 1 aliphatic heterocycles. The third kappa shape index (κ3) is 5.16. The fourth-order valence-electron chi connectivity index (χ4n) is 2.49. The van der Waals surface area contributed by atoms with Crippen molar-refractivity contribution < 1.29 is 14.8 Å². The second kappa shape index (κ2) is 8.55. The van der Waals surface area contributed by atoms with E-state index in [-0.39, 0.29) is 29.4 Å². The van der Waals surface area contributed by atoms with Crippen LogP contribution in [0.2, 0.25) is 0 Å². The number of carboxylic acids is 1. The largest absolute Gasteiger partial charge is 0.481 e. The van der Waals surface area contributed by atoms with Crippen molar-refractivity contribution in [1.82, 2.24) is 4.90 Å². The van der Waals surface area contributed by atoms with Crippen molar-refractivity contribution in [2.45, 2.75) is 12.8 Å². The Kier molecular flexibility index (Phi) is 7.07. The van der Waals surface area contributed by atoms with Gasteiger partial charge in [0.25, 0.3) is 5.69 Å². The van der Waals surface area contributed by atoms with Gasteiger partial charge in [-0.3, -0.25) is 19.8 Å². The fraction of sp³-hybridized carbons (Fsp3) is 0.500. The highest BCUT2D eigenvalue weighted by Crippen LogP contribution is 2.22.